The number of hydrogen-bond acceptors (Lipinski definition) is 2. The number of hydrogen-bond donors (Lipinski definition) is 1. The summed E-state index contributed by atoms with van der Waals surface area (Å²) >= 11 is 1.98. The summed E-state index contributed by atoms with van der Waals surface area (Å²) in [6.45, 7) is 1.38. The van der Waals surface area contributed by atoms with Gasteiger partial charge in [-0.2, -0.15) is 13.2 Å². The molecule has 0 amide bonds. The summed E-state index contributed by atoms with van der Waals surface area (Å²) in [4.78, 5) is 0. The second kappa shape index (κ2) is 5.73. The van der Waals surface area contributed by atoms with Crippen molar-refractivity contribution >= 4 is 43.4 Å². The first-order chi connectivity index (χ1) is 9.62. The molecule has 0 saturated carbocycles. The Morgan fingerprint density at radius 1 is 1.14 bits per heavy atom. The highest BCUT2D eigenvalue weighted by molar-refractivity contribution is 14.1. The van der Waals surface area contributed by atoms with Crippen molar-refractivity contribution in [3.63, 3.8) is 0 Å². The van der Waals surface area contributed by atoms with Gasteiger partial charge >= 0.3 is 15.5 Å². The zero-order chi connectivity index (χ0) is 15.8. The molecule has 0 aromatic heterocycles. The van der Waals surface area contributed by atoms with Gasteiger partial charge in [-0.3, -0.25) is 0 Å². The third-order valence-corrected chi connectivity index (χ3v) is 5.18. The Labute approximate surface area is 133 Å². The van der Waals surface area contributed by atoms with Crippen LogP contribution in [0.5, 0.6) is 0 Å². The molecule has 0 heterocycles. The van der Waals surface area contributed by atoms with Crippen LogP contribution in [0.15, 0.2) is 36.4 Å². The first kappa shape index (κ1) is 16.5. The van der Waals surface area contributed by atoms with Crippen LogP contribution in [-0.4, -0.2) is 13.9 Å². The maximum atomic E-state index is 12.4. The molecular formula is C13H11F3INO2S. The summed E-state index contributed by atoms with van der Waals surface area (Å²) in [5, 5.41) is 1.78. The summed E-state index contributed by atoms with van der Waals surface area (Å²) in [6.07, 6.45) is 0. The SMILES string of the molecule is C[C@H](NS(=O)(=O)C(F)(F)F)c1cc2ccccc2cc1I. The Balaban J connectivity index is 2.40. The summed E-state index contributed by atoms with van der Waals surface area (Å²) in [7, 11) is -5.37. The fraction of sp³-hybridized carbons (Fsp3) is 0.231. The van der Waals surface area contributed by atoms with Gasteiger partial charge in [0.2, 0.25) is 0 Å². The van der Waals surface area contributed by atoms with E-state index in [1.54, 1.807) is 10.8 Å². The third-order valence-electron chi connectivity index (χ3n) is 2.97. The molecule has 1 N–H and O–H groups in total. The minimum Gasteiger partial charge on any atom is -0.203 e. The fourth-order valence-corrected chi connectivity index (χ4v) is 3.61. The largest absolute Gasteiger partial charge is 0.511 e. The molecule has 21 heavy (non-hydrogen) atoms. The Morgan fingerprint density at radius 3 is 2.19 bits per heavy atom. The predicted molar refractivity (Wildman–Crippen MR) is 83.2 cm³/mol. The summed E-state index contributed by atoms with van der Waals surface area (Å²) in [6, 6.07) is 9.89. The maximum Gasteiger partial charge on any atom is 0.511 e. The molecule has 0 radical (unpaired) electrons. The van der Waals surface area contributed by atoms with E-state index in [-0.39, 0.29) is 0 Å². The summed E-state index contributed by atoms with van der Waals surface area (Å²) in [5.74, 6) is 0. The molecule has 1 atom stereocenters. The van der Waals surface area contributed by atoms with Crippen molar-refractivity contribution in [2.75, 3.05) is 0 Å². The van der Waals surface area contributed by atoms with Crippen molar-refractivity contribution in [3.05, 3.63) is 45.5 Å². The first-order valence-electron chi connectivity index (χ1n) is 5.88. The van der Waals surface area contributed by atoms with E-state index >= 15 is 0 Å². The molecule has 8 heteroatoms. The highest BCUT2D eigenvalue weighted by Crippen LogP contribution is 2.29. The van der Waals surface area contributed by atoms with Gasteiger partial charge in [0.15, 0.2) is 0 Å². The molecule has 0 saturated heterocycles. The van der Waals surface area contributed by atoms with Crippen molar-refractivity contribution in [3.8, 4) is 0 Å². The third kappa shape index (κ3) is 3.49. The minimum atomic E-state index is -5.37. The molecule has 2 aromatic rings. The number of sulfonamides is 1. The summed E-state index contributed by atoms with van der Waals surface area (Å²) < 4.78 is 61.9. The molecule has 0 fully saturated rings. The molecule has 114 valence electrons. The van der Waals surface area contributed by atoms with Crippen LogP contribution >= 0.6 is 22.6 Å². The van der Waals surface area contributed by atoms with E-state index in [1.807, 2.05) is 52.9 Å². The van der Waals surface area contributed by atoms with Crippen LogP contribution in [0.4, 0.5) is 13.2 Å². The number of nitrogens with one attached hydrogen (secondary N) is 1. The quantitative estimate of drug-likeness (QED) is 0.752. The number of rotatable bonds is 3. The van der Waals surface area contributed by atoms with Crippen LogP contribution in [0.2, 0.25) is 0 Å². The number of benzene rings is 2. The average Bonchev–Trinajstić information content (AvgIpc) is 2.35. The average molecular weight is 429 g/mol. The highest BCUT2D eigenvalue weighted by atomic mass is 127. The Bertz CT molecular complexity index is 775. The Hall–Kier alpha value is -0.870. The van der Waals surface area contributed by atoms with E-state index in [9.17, 15) is 21.6 Å². The lowest BCUT2D eigenvalue weighted by Crippen LogP contribution is -2.38. The lowest BCUT2D eigenvalue weighted by Gasteiger charge is -2.18. The van der Waals surface area contributed by atoms with Crippen LogP contribution in [0.1, 0.15) is 18.5 Å². The lowest BCUT2D eigenvalue weighted by molar-refractivity contribution is -0.0450. The number of fused-ring (bicyclic) bond motifs is 1. The molecule has 0 spiro atoms. The molecular weight excluding hydrogens is 418 g/mol. The second-order valence-electron chi connectivity index (χ2n) is 4.51. The van der Waals surface area contributed by atoms with Gasteiger partial charge in [-0.15, -0.1) is 0 Å². The van der Waals surface area contributed by atoms with Crippen LogP contribution in [0.25, 0.3) is 10.8 Å². The van der Waals surface area contributed by atoms with Gasteiger partial charge in [0, 0.05) is 9.61 Å². The topological polar surface area (TPSA) is 46.2 Å². The van der Waals surface area contributed by atoms with Gasteiger partial charge in [0.25, 0.3) is 0 Å². The molecule has 0 unspecified atom stereocenters. The van der Waals surface area contributed by atoms with E-state index < -0.39 is 21.6 Å². The number of alkyl halides is 3. The van der Waals surface area contributed by atoms with Crippen LogP contribution in [0, 0.1) is 3.57 Å². The van der Waals surface area contributed by atoms with E-state index in [0.717, 1.165) is 10.8 Å². The van der Waals surface area contributed by atoms with Crippen LogP contribution < -0.4 is 4.72 Å². The molecule has 2 rings (SSSR count). The number of halogens is 4. The van der Waals surface area contributed by atoms with Crippen LogP contribution in [-0.2, 0) is 10.0 Å². The zero-order valence-corrected chi connectivity index (χ0v) is 13.8. The normalized spacial score (nSPS) is 14.3. The first-order valence-corrected chi connectivity index (χ1v) is 8.45. The van der Waals surface area contributed by atoms with E-state index in [1.165, 1.54) is 6.92 Å². The van der Waals surface area contributed by atoms with Crippen molar-refractivity contribution in [1.82, 2.24) is 4.72 Å². The van der Waals surface area contributed by atoms with Gasteiger partial charge in [-0.1, -0.05) is 24.3 Å². The zero-order valence-electron chi connectivity index (χ0n) is 10.8. The van der Waals surface area contributed by atoms with Gasteiger partial charge in [-0.25, -0.2) is 13.1 Å². The van der Waals surface area contributed by atoms with Gasteiger partial charge in [-0.05, 0) is 58.0 Å². The predicted octanol–water partition coefficient (Wildman–Crippen LogP) is 3.94. The maximum absolute atomic E-state index is 12.4. The Morgan fingerprint density at radius 2 is 1.67 bits per heavy atom. The standard InChI is InChI=1S/C13H11F3INO2S/c1-8(18-21(19,20)13(14,15)16)11-6-9-4-2-3-5-10(9)7-12(11)17/h2-8,18H,1H3/t8-/m0/s1. The van der Waals surface area contributed by atoms with Crippen molar-refractivity contribution in [2.45, 2.75) is 18.5 Å². The smallest absolute Gasteiger partial charge is 0.203 e. The van der Waals surface area contributed by atoms with E-state index in [4.69, 9.17) is 0 Å². The van der Waals surface area contributed by atoms with E-state index in [0.29, 0.717) is 9.13 Å². The molecule has 0 bridgehead atoms. The molecule has 3 nitrogen and oxygen atoms in total. The molecule has 0 aliphatic rings. The van der Waals surface area contributed by atoms with E-state index in [2.05, 4.69) is 0 Å². The Kier molecular flexibility index (Phi) is 4.50. The lowest BCUT2D eigenvalue weighted by atomic mass is 10.0. The molecule has 0 aliphatic heterocycles. The van der Waals surface area contributed by atoms with Crippen LogP contribution in [0.3, 0.4) is 0 Å². The summed E-state index contributed by atoms with van der Waals surface area (Å²) in [5.41, 5.74) is -4.81. The molecule has 2 aromatic carbocycles. The minimum absolute atomic E-state index is 0.502. The van der Waals surface area contributed by atoms with Crippen molar-refractivity contribution in [2.24, 2.45) is 0 Å². The fourth-order valence-electron chi connectivity index (χ4n) is 1.92. The van der Waals surface area contributed by atoms with Gasteiger partial charge in [0.05, 0.1) is 0 Å². The van der Waals surface area contributed by atoms with Crippen molar-refractivity contribution in [1.29, 1.82) is 0 Å². The van der Waals surface area contributed by atoms with Gasteiger partial charge < -0.3 is 0 Å². The second-order valence-corrected chi connectivity index (χ2v) is 7.38. The highest BCUT2D eigenvalue weighted by Gasteiger charge is 2.46. The monoisotopic (exact) mass is 429 g/mol. The van der Waals surface area contributed by atoms with Crippen molar-refractivity contribution < 1.29 is 21.6 Å². The molecule has 0 aliphatic carbocycles. The van der Waals surface area contributed by atoms with Gasteiger partial charge in [0.1, 0.15) is 0 Å².